The number of hydrogen-bond acceptors (Lipinski definition) is 2. The second-order valence-corrected chi connectivity index (χ2v) is 3.79. The van der Waals surface area contributed by atoms with Crippen LogP contribution in [0.25, 0.3) is 0 Å². The highest BCUT2D eigenvalue weighted by Gasteiger charge is 2.21. The predicted octanol–water partition coefficient (Wildman–Crippen LogP) is 1.49. The van der Waals surface area contributed by atoms with Gasteiger partial charge in [-0.3, -0.25) is 0 Å². The normalized spacial score (nSPS) is 35.3. The maximum Gasteiger partial charge on any atom is 0.00749 e. The van der Waals surface area contributed by atoms with Gasteiger partial charge in [0.25, 0.3) is 0 Å². The third kappa shape index (κ3) is 1.87. The van der Waals surface area contributed by atoms with Crippen molar-refractivity contribution >= 4 is 11.8 Å². The first kappa shape index (κ1) is 7.42. The Bertz CT molecular complexity index is 75.0. The lowest BCUT2D eigenvalue weighted by Gasteiger charge is -2.06. The molecule has 9 heavy (non-hydrogen) atoms. The lowest BCUT2D eigenvalue weighted by atomic mass is 10.3. The quantitative estimate of drug-likeness (QED) is 0.632. The highest BCUT2D eigenvalue weighted by molar-refractivity contribution is 7.99. The molecular weight excluding hydrogens is 130 g/mol. The molecule has 2 atom stereocenters. The molecule has 1 N–H and O–H groups in total. The topological polar surface area (TPSA) is 12.0 Å². The average molecular weight is 145 g/mol. The number of thioether (sulfide) groups is 1. The molecule has 0 amide bonds. The zero-order valence-electron chi connectivity index (χ0n) is 6.18. The first-order chi connectivity index (χ1) is 4.36. The van der Waals surface area contributed by atoms with Crippen LogP contribution in [0.1, 0.15) is 19.3 Å². The van der Waals surface area contributed by atoms with Crippen molar-refractivity contribution in [3.8, 4) is 0 Å². The van der Waals surface area contributed by atoms with E-state index >= 15 is 0 Å². The van der Waals surface area contributed by atoms with E-state index in [1.807, 2.05) is 11.8 Å². The Kier molecular flexibility index (Phi) is 2.86. The summed E-state index contributed by atoms with van der Waals surface area (Å²) < 4.78 is 0. The minimum absolute atomic E-state index is 0.808. The van der Waals surface area contributed by atoms with Crippen LogP contribution in [0, 0.1) is 0 Å². The summed E-state index contributed by atoms with van der Waals surface area (Å²) in [6, 6.07) is 0.808. The number of rotatable bonds is 2. The van der Waals surface area contributed by atoms with Gasteiger partial charge < -0.3 is 5.32 Å². The summed E-state index contributed by atoms with van der Waals surface area (Å²) in [5, 5.41) is 4.25. The van der Waals surface area contributed by atoms with Crippen molar-refractivity contribution in [1.82, 2.24) is 5.32 Å². The molecule has 0 aliphatic heterocycles. The van der Waals surface area contributed by atoms with E-state index in [-0.39, 0.29) is 0 Å². The molecule has 1 nitrogen and oxygen atoms in total. The fourth-order valence-electron chi connectivity index (χ4n) is 1.42. The van der Waals surface area contributed by atoms with Gasteiger partial charge in [-0.1, -0.05) is 0 Å². The first-order valence-corrected chi connectivity index (χ1v) is 4.85. The van der Waals surface area contributed by atoms with E-state index in [4.69, 9.17) is 0 Å². The van der Waals surface area contributed by atoms with Crippen LogP contribution in [0.4, 0.5) is 0 Å². The Morgan fingerprint density at radius 3 is 2.56 bits per heavy atom. The molecule has 0 saturated heterocycles. The van der Waals surface area contributed by atoms with Gasteiger partial charge in [-0.25, -0.2) is 0 Å². The number of nitrogens with one attached hydrogen (secondary N) is 1. The van der Waals surface area contributed by atoms with E-state index in [0.29, 0.717) is 0 Å². The van der Waals surface area contributed by atoms with Gasteiger partial charge in [-0.05, 0) is 32.6 Å². The molecule has 1 fully saturated rings. The van der Waals surface area contributed by atoms with E-state index in [9.17, 15) is 0 Å². The third-order valence-corrected chi connectivity index (χ3v) is 3.22. The van der Waals surface area contributed by atoms with Crippen LogP contribution in [-0.2, 0) is 0 Å². The zero-order valence-corrected chi connectivity index (χ0v) is 7.00. The van der Waals surface area contributed by atoms with Gasteiger partial charge in [0.1, 0.15) is 0 Å². The SMILES string of the molecule is CN[C@H]1CC[C@H](SC)C1. The van der Waals surface area contributed by atoms with Crippen LogP contribution in [0.5, 0.6) is 0 Å². The van der Waals surface area contributed by atoms with E-state index in [0.717, 1.165) is 11.3 Å². The fourth-order valence-corrected chi connectivity index (χ4v) is 2.21. The summed E-state index contributed by atoms with van der Waals surface area (Å²) in [6.07, 6.45) is 6.37. The van der Waals surface area contributed by atoms with E-state index in [2.05, 4.69) is 18.6 Å². The molecule has 1 rings (SSSR count). The van der Waals surface area contributed by atoms with Crippen molar-refractivity contribution in [1.29, 1.82) is 0 Å². The molecule has 1 aliphatic carbocycles. The Balaban J connectivity index is 2.20. The molecule has 0 aromatic heterocycles. The van der Waals surface area contributed by atoms with Gasteiger partial charge >= 0.3 is 0 Å². The minimum Gasteiger partial charge on any atom is -0.317 e. The summed E-state index contributed by atoms with van der Waals surface area (Å²) in [6.45, 7) is 0. The highest BCUT2D eigenvalue weighted by Crippen LogP contribution is 2.27. The van der Waals surface area contributed by atoms with Crippen LogP contribution >= 0.6 is 11.8 Å². The summed E-state index contributed by atoms with van der Waals surface area (Å²) >= 11 is 2.01. The molecule has 0 bridgehead atoms. The molecule has 2 heteroatoms. The van der Waals surface area contributed by atoms with Crippen molar-refractivity contribution in [2.75, 3.05) is 13.3 Å². The summed E-state index contributed by atoms with van der Waals surface area (Å²) in [4.78, 5) is 0. The molecule has 0 heterocycles. The van der Waals surface area contributed by atoms with Crippen LogP contribution in [0.15, 0.2) is 0 Å². The van der Waals surface area contributed by atoms with Gasteiger partial charge in [0.15, 0.2) is 0 Å². The van der Waals surface area contributed by atoms with Crippen LogP contribution < -0.4 is 5.32 Å². The third-order valence-electron chi connectivity index (χ3n) is 2.13. The van der Waals surface area contributed by atoms with Crippen LogP contribution in [-0.4, -0.2) is 24.6 Å². The average Bonchev–Trinajstić information content (AvgIpc) is 2.34. The molecule has 0 radical (unpaired) electrons. The predicted molar refractivity (Wildman–Crippen MR) is 44.0 cm³/mol. The largest absolute Gasteiger partial charge is 0.317 e. The van der Waals surface area contributed by atoms with Gasteiger partial charge in [0, 0.05) is 11.3 Å². The lowest BCUT2D eigenvalue weighted by Crippen LogP contribution is -2.21. The molecule has 0 aromatic rings. The molecular formula is C7H15NS. The summed E-state index contributed by atoms with van der Waals surface area (Å²) in [5.74, 6) is 0. The van der Waals surface area contributed by atoms with E-state index < -0.39 is 0 Å². The zero-order chi connectivity index (χ0) is 6.69. The smallest absolute Gasteiger partial charge is 0.00749 e. The second kappa shape index (κ2) is 3.47. The van der Waals surface area contributed by atoms with E-state index in [1.165, 1.54) is 19.3 Å². The van der Waals surface area contributed by atoms with Gasteiger partial charge in [0.05, 0.1) is 0 Å². The van der Waals surface area contributed by atoms with Crippen LogP contribution in [0.2, 0.25) is 0 Å². The van der Waals surface area contributed by atoms with Crippen molar-refractivity contribution in [2.45, 2.75) is 30.6 Å². The maximum absolute atomic E-state index is 3.31. The monoisotopic (exact) mass is 145 g/mol. The Morgan fingerprint density at radius 2 is 2.22 bits per heavy atom. The van der Waals surface area contributed by atoms with E-state index in [1.54, 1.807) is 0 Å². The van der Waals surface area contributed by atoms with Crippen molar-refractivity contribution in [3.63, 3.8) is 0 Å². The van der Waals surface area contributed by atoms with Gasteiger partial charge in [-0.2, -0.15) is 11.8 Å². The number of hydrogen-bond donors (Lipinski definition) is 1. The second-order valence-electron chi connectivity index (χ2n) is 2.66. The fraction of sp³-hybridized carbons (Fsp3) is 1.00. The molecule has 1 aliphatic rings. The maximum atomic E-state index is 3.31. The molecule has 1 saturated carbocycles. The van der Waals surface area contributed by atoms with Gasteiger partial charge in [0.2, 0.25) is 0 Å². The van der Waals surface area contributed by atoms with Crippen molar-refractivity contribution < 1.29 is 0 Å². The first-order valence-electron chi connectivity index (χ1n) is 3.57. The Labute approximate surface area is 61.6 Å². The molecule has 0 spiro atoms. The lowest BCUT2D eigenvalue weighted by molar-refractivity contribution is 0.583. The minimum atomic E-state index is 0.808. The molecule has 0 unspecified atom stereocenters. The van der Waals surface area contributed by atoms with Crippen molar-refractivity contribution in [3.05, 3.63) is 0 Å². The van der Waals surface area contributed by atoms with Crippen LogP contribution in [0.3, 0.4) is 0 Å². The summed E-state index contributed by atoms with van der Waals surface area (Å²) in [7, 11) is 2.06. The molecule has 0 aromatic carbocycles. The molecule has 54 valence electrons. The van der Waals surface area contributed by atoms with Crippen molar-refractivity contribution in [2.24, 2.45) is 0 Å². The highest BCUT2D eigenvalue weighted by atomic mass is 32.2. The Morgan fingerprint density at radius 1 is 1.44 bits per heavy atom. The Hall–Kier alpha value is 0.310. The van der Waals surface area contributed by atoms with Gasteiger partial charge in [-0.15, -0.1) is 0 Å². The standard InChI is InChI=1S/C7H15NS/c1-8-6-3-4-7(5-6)9-2/h6-8H,3-5H2,1-2H3/t6-,7-/m0/s1. The summed E-state index contributed by atoms with van der Waals surface area (Å²) in [5.41, 5.74) is 0.